The number of esters is 1. The lowest BCUT2D eigenvalue weighted by atomic mass is 9.81. The third-order valence-electron chi connectivity index (χ3n) is 5.78. The van der Waals surface area contributed by atoms with E-state index >= 15 is 0 Å². The molecule has 1 heterocycles. The summed E-state index contributed by atoms with van der Waals surface area (Å²) in [6.45, 7) is 3.00. The summed E-state index contributed by atoms with van der Waals surface area (Å²) < 4.78 is 32.6. The van der Waals surface area contributed by atoms with Crippen LogP contribution in [-0.2, 0) is 19.6 Å². The molecule has 29 heavy (non-hydrogen) atoms. The van der Waals surface area contributed by atoms with Gasteiger partial charge in [0.15, 0.2) is 0 Å². The molecule has 0 spiro atoms. The quantitative estimate of drug-likeness (QED) is 0.712. The van der Waals surface area contributed by atoms with Gasteiger partial charge in [0, 0.05) is 18.7 Å². The van der Waals surface area contributed by atoms with Gasteiger partial charge in [-0.25, -0.2) is 13.2 Å². The zero-order valence-corrected chi connectivity index (χ0v) is 17.8. The van der Waals surface area contributed by atoms with Crippen molar-refractivity contribution in [1.29, 1.82) is 0 Å². The lowest BCUT2D eigenvalue weighted by molar-refractivity contribution is -0.152. The number of hydrogen-bond donors (Lipinski definition) is 1. The Kier molecular flexibility index (Phi) is 6.95. The number of hydrogen-bond acceptors (Lipinski definition) is 5. The molecule has 7 nitrogen and oxygen atoms in total. The minimum atomic E-state index is -3.63. The summed E-state index contributed by atoms with van der Waals surface area (Å²) in [5, 5.41) is 2.87. The Labute approximate surface area is 172 Å². The molecule has 1 aromatic rings. The second kappa shape index (κ2) is 9.26. The fraction of sp³-hybridized carbons (Fsp3) is 0.619. The standard InChI is InChI=1S/C21H30N2O5S/c1-2-28-20(25)21(12-5-3-6-13-21)22-19(24)17-10-9-11-18(16-17)29(26,27)23-14-7-4-8-15-23/h9-11,16H,2-8,12-15H2,1H3,(H,22,24). The van der Waals surface area contributed by atoms with E-state index in [4.69, 9.17) is 4.74 Å². The summed E-state index contributed by atoms with van der Waals surface area (Å²) in [6.07, 6.45) is 6.48. The molecule has 1 aromatic carbocycles. The van der Waals surface area contributed by atoms with Crippen LogP contribution in [0.1, 0.15) is 68.6 Å². The second-order valence-corrected chi connectivity index (χ2v) is 9.75. The first-order valence-corrected chi connectivity index (χ1v) is 11.9. The number of benzene rings is 1. The molecule has 1 N–H and O–H groups in total. The third kappa shape index (κ3) is 4.80. The predicted octanol–water partition coefficient (Wildman–Crippen LogP) is 2.86. The highest BCUT2D eigenvalue weighted by atomic mass is 32.2. The van der Waals surface area contributed by atoms with E-state index < -0.39 is 27.4 Å². The molecule has 2 fully saturated rings. The number of nitrogens with one attached hydrogen (secondary N) is 1. The van der Waals surface area contributed by atoms with Crippen LogP contribution in [0.5, 0.6) is 0 Å². The zero-order chi connectivity index (χ0) is 20.9. The van der Waals surface area contributed by atoms with Crippen molar-refractivity contribution in [1.82, 2.24) is 9.62 Å². The Morgan fingerprint density at radius 2 is 1.72 bits per heavy atom. The van der Waals surface area contributed by atoms with E-state index in [0.29, 0.717) is 25.9 Å². The van der Waals surface area contributed by atoms with Gasteiger partial charge in [-0.1, -0.05) is 31.7 Å². The van der Waals surface area contributed by atoms with E-state index in [0.717, 1.165) is 38.5 Å². The van der Waals surface area contributed by atoms with E-state index in [1.165, 1.54) is 16.4 Å². The van der Waals surface area contributed by atoms with E-state index in [1.54, 1.807) is 19.1 Å². The highest BCUT2D eigenvalue weighted by molar-refractivity contribution is 7.89. The van der Waals surface area contributed by atoms with Crippen LogP contribution in [0.2, 0.25) is 0 Å². The second-order valence-electron chi connectivity index (χ2n) is 7.81. The van der Waals surface area contributed by atoms with Crippen LogP contribution in [0.3, 0.4) is 0 Å². The largest absolute Gasteiger partial charge is 0.464 e. The number of rotatable bonds is 6. The molecule has 1 saturated heterocycles. The van der Waals surface area contributed by atoms with Crippen molar-refractivity contribution >= 4 is 21.9 Å². The average Bonchev–Trinajstić information content (AvgIpc) is 2.75. The molecule has 0 aromatic heterocycles. The van der Waals surface area contributed by atoms with Crippen LogP contribution in [0.25, 0.3) is 0 Å². The van der Waals surface area contributed by atoms with E-state index in [-0.39, 0.29) is 17.1 Å². The van der Waals surface area contributed by atoms with Crippen LogP contribution in [-0.4, -0.2) is 49.8 Å². The lowest BCUT2D eigenvalue weighted by Gasteiger charge is -2.35. The van der Waals surface area contributed by atoms with E-state index in [9.17, 15) is 18.0 Å². The maximum absolute atomic E-state index is 13.0. The highest BCUT2D eigenvalue weighted by Gasteiger charge is 2.42. The maximum Gasteiger partial charge on any atom is 0.331 e. The number of ether oxygens (including phenoxy) is 1. The maximum atomic E-state index is 13.0. The van der Waals surface area contributed by atoms with E-state index in [1.807, 2.05) is 0 Å². The number of nitrogens with zero attached hydrogens (tertiary/aromatic N) is 1. The van der Waals surface area contributed by atoms with Crippen molar-refractivity contribution in [3.63, 3.8) is 0 Å². The number of carbonyl (C=O) groups is 2. The van der Waals surface area contributed by atoms with Gasteiger partial charge >= 0.3 is 5.97 Å². The molecule has 2 aliphatic rings. The monoisotopic (exact) mass is 422 g/mol. The van der Waals surface area contributed by atoms with Gasteiger partial charge in [0.2, 0.25) is 10.0 Å². The Morgan fingerprint density at radius 3 is 2.38 bits per heavy atom. The van der Waals surface area contributed by atoms with Crippen LogP contribution < -0.4 is 5.32 Å². The summed E-state index contributed by atoms with van der Waals surface area (Å²) in [7, 11) is -3.63. The Morgan fingerprint density at radius 1 is 1.07 bits per heavy atom. The molecule has 0 bridgehead atoms. The highest BCUT2D eigenvalue weighted by Crippen LogP contribution is 2.30. The summed E-state index contributed by atoms with van der Waals surface area (Å²) in [5.74, 6) is -0.860. The van der Waals surface area contributed by atoms with Crippen molar-refractivity contribution < 1.29 is 22.7 Å². The third-order valence-corrected chi connectivity index (χ3v) is 7.67. The first-order chi connectivity index (χ1) is 13.9. The molecule has 3 rings (SSSR count). The molecule has 1 amide bonds. The van der Waals surface area contributed by atoms with Gasteiger partial charge in [0.25, 0.3) is 5.91 Å². The van der Waals surface area contributed by atoms with Gasteiger partial charge in [0.1, 0.15) is 5.54 Å². The van der Waals surface area contributed by atoms with Crippen LogP contribution in [0.4, 0.5) is 0 Å². The first kappa shape index (κ1) is 21.8. The van der Waals surface area contributed by atoms with Crippen molar-refractivity contribution in [2.45, 2.75) is 68.7 Å². The van der Waals surface area contributed by atoms with Gasteiger partial charge in [0.05, 0.1) is 11.5 Å². The molecule has 160 valence electrons. The van der Waals surface area contributed by atoms with Crippen molar-refractivity contribution in [3.05, 3.63) is 29.8 Å². The fourth-order valence-corrected chi connectivity index (χ4v) is 5.71. The predicted molar refractivity (Wildman–Crippen MR) is 109 cm³/mol. The van der Waals surface area contributed by atoms with Gasteiger partial charge in [-0.05, 0) is 50.8 Å². The molecule has 0 atom stereocenters. The number of carbonyl (C=O) groups excluding carboxylic acids is 2. The molecule has 0 unspecified atom stereocenters. The van der Waals surface area contributed by atoms with Crippen molar-refractivity contribution in [2.24, 2.45) is 0 Å². The fourth-order valence-electron chi connectivity index (χ4n) is 4.15. The van der Waals surface area contributed by atoms with Gasteiger partial charge < -0.3 is 10.1 Å². The first-order valence-electron chi connectivity index (χ1n) is 10.5. The topological polar surface area (TPSA) is 92.8 Å². The molecule has 1 aliphatic heterocycles. The van der Waals surface area contributed by atoms with Gasteiger partial charge in [-0.2, -0.15) is 4.31 Å². The summed E-state index contributed by atoms with van der Waals surface area (Å²) in [5.41, 5.74) is -0.801. The Balaban J connectivity index is 1.82. The summed E-state index contributed by atoms with van der Waals surface area (Å²) >= 11 is 0. The number of amides is 1. The number of piperidine rings is 1. The molecule has 1 saturated carbocycles. The zero-order valence-electron chi connectivity index (χ0n) is 17.0. The smallest absolute Gasteiger partial charge is 0.331 e. The lowest BCUT2D eigenvalue weighted by Crippen LogP contribution is -2.56. The SMILES string of the molecule is CCOC(=O)C1(NC(=O)c2cccc(S(=O)(=O)N3CCCCC3)c2)CCCCC1. The normalized spacial score (nSPS) is 20.0. The molecule has 1 aliphatic carbocycles. The van der Waals surface area contributed by atoms with Crippen LogP contribution in [0.15, 0.2) is 29.2 Å². The Bertz CT molecular complexity index is 840. The number of sulfonamides is 1. The van der Waals surface area contributed by atoms with Crippen LogP contribution >= 0.6 is 0 Å². The summed E-state index contributed by atoms with van der Waals surface area (Å²) in [4.78, 5) is 25.6. The average molecular weight is 423 g/mol. The van der Waals surface area contributed by atoms with Crippen LogP contribution in [0, 0.1) is 0 Å². The van der Waals surface area contributed by atoms with Gasteiger partial charge in [-0.15, -0.1) is 0 Å². The Hall–Kier alpha value is -1.93. The van der Waals surface area contributed by atoms with E-state index in [2.05, 4.69) is 5.32 Å². The van der Waals surface area contributed by atoms with Gasteiger partial charge in [-0.3, -0.25) is 4.79 Å². The molecule has 0 radical (unpaired) electrons. The molecule has 8 heteroatoms. The van der Waals surface area contributed by atoms with Crippen molar-refractivity contribution in [2.75, 3.05) is 19.7 Å². The molecular weight excluding hydrogens is 392 g/mol. The summed E-state index contributed by atoms with van der Waals surface area (Å²) in [6, 6.07) is 6.07. The van der Waals surface area contributed by atoms with Crippen molar-refractivity contribution in [3.8, 4) is 0 Å². The minimum absolute atomic E-state index is 0.112. The minimum Gasteiger partial charge on any atom is -0.464 e. The molecular formula is C21H30N2O5S.